The summed E-state index contributed by atoms with van der Waals surface area (Å²) in [7, 11) is 0. The van der Waals surface area contributed by atoms with Gasteiger partial charge in [0.05, 0.1) is 35.5 Å². The number of halogens is 2. The maximum Gasteiger partial charge on any atom is 0.251 e. The first-order valence-electron chi connectivity index (χ1n) is 8.10. The molecule has 134 valence electrons. The van der Waals surface area contributed by atoms with Gasteiger partial charge in [-0.3, -0.25) is 4.79 Å². The number of benzene rings is 1. The first kappa shape index (κ1) is 17.0. The van der Waals surface area contributed by atoms with Gasteiger partial charge in [-0.2, -0.15) is 0 Å². The van der Waals surface area contributed by atoms with E-state index in [4.69, 9.17) is 32.7 Å². The zero-order chi connectivity index (χ0) is 18.1. The number of carbonyl (C=O) groups is 1. The summed E-state index contributed by atoms with van der Waals surface area (Å²) in [6.45, 7) is 1.35. The lowest BCUT2D eigenvalue weighted by Crippen LogP contribution is -2.23. The van der Waals surface area contributed by atoms with Crippen molar-refractivity contribution in [3.8, 4) is 11.5 Å². The molecule has 0 unspecified atom stereocenters. The van der Waals surface area contributed by atoms with Crippen LogP contribution in [0.3, 0.4) is 0 Å². The number of fused-ring (bicyclic) bond motifs is 2. The van der Waals surface area contributed by atoms with Crippen LogP contribution in [-0.2, 0) is 6.54 Å². The normalized spacial score (nSPS) is 13.5. The Morgan fingerprint density at radius 3 is 2.92 bits per heavy atom. The van der Waals surface area contributed by atoms with Crippen molar-refractivity contribution >= 4 is 34.8 Å². The molecule has 26 heavy (non-hydrogen) atoms. The summed E-state index contributed by atoms with van der Waals surface area (Å²) in [5, 5.41) is 3.81. The van der Waals surface area contributed by atoms with Crippen LogP contribution < -0.4 is 14.8 Å². The molecule has 1 aliphatic heterocycles. The lowest BCUT2D eigenvalue weighted by Gasteiger charge is -2.11. The standard InChI is InChI=1S/C18H15Cl2N3O3/c19-12-2-3-16-22-13(10-23(16)9-12)8-21-18(24)11-6-14(20)17-15(7-11)25-4-1-5-26-17/h2-3,6-7,9-10H,1,4-5,8H2,(H,21,24). The average molecular weight is 392 g/mol. The first-order chi connectivity index (χ1) is 12.6. The second-order valence-electron chi connectivity index (χ2n) is 5.86. The largest absolute Gasteiger partial charge is 0.489 e. The minimum Gasteiger partial charge on any atom is -0.489 e. The monoisotopic (exact) mass is 391 g/mol. The summed E-state index contributed by atoms with van der Waals surface area (Å²) in [4.78, 5) is 16.9. The van der Waals surface area contributed by atoms with Gasteiger partial charge in [-0.15, -0.1) is 0 Å². The lowest BCUT2D eigenvalue weighted by molar-refractivity contribution is 0.0950. The molecule has 6 nitrogen and oxygen atoms in total. The molecular weight excluding hydrogens is 377 g/mol. The minimum absolute atomic E-state index is 0.266. The van der Waals surface area contributed by atoms with Crippen LogP contribution in [0.4, 0.5) is 0 Å². The van der Waals surface area contributed by atoms with Gasteiger partial charge in [0.2, 0.25) is 0 Å². The zero-order valence-corrected chi connectivity index (χ0v) is 15.2. The van der Waals surface area contributed by atoms with Gasteiger partial charge in [0, 0.05) is 24.4 Å². The summed E-state index contributed by atoms with van der Waals surface area (Å²) in [6, 6.07) is 6.81. The summed E-state index contributed by atoms with van der Waals surface area (Å²) >= 11 is 12.2. The highest BCUT2D eigenvalue weighted by molar-refractivity contribution is 6.32. The Bertz CT molecular complexity index is 987. The molecule has 0 spiro atoms. The molecule has 3 heterocycles. The summed E-state index contributed by atoms with van der Waals surface area (Å²) < 4.78 is 13.0. The average Bonchev–Trinajstić information content (AvgIpc) is 2.86. The van der Waals surface area contributed by atoms with E-state index in [-0.39, 0.29) is 12.5 Å². The molecule has 0 saturated heterocycles. The second kappa shape index (κ2) is 7.05. The number of aromatic nitrogens is 2. The van der Waals surface area contributed by atoms with Crippen molar-refractivity contribution in [3.63, 3.8) is 0 Å². The van der Waals surface area contributed by atoms with E-state index in [9.17, 15) is 4.79 Å². The van der Waals surface area contributed by atoms with Crippen molar-refractivity contribution in [2.75, 3.05) is 13.2 Å². The van der Waals surface area contributed by atoms with Crippen LogP contribution >= 0.6 is 23.2 Å². The Morgan fingerprint density at radius 1 is 1.19 bits per heavy atom. The summed E-state index contributed by atoms with van der Waals surface area (Å²) in [5.41, 5.74) is 1.89. The number of hydrogen-bond acceptors (Lipinski definition) is 4. The van der Waals surface area contributed by atoms with E-state index < -0.39 is 0 Å². The van der Waals surface area contributed by atoms with Crippen LogP contribution in [0.2, 0.25) is 10.0 Å². The van der Waals surface area contributed by atoms with Gasteiger partial charge in [0.25, 0.3) is 5.91 Å². The van der Waals surface area contributed by atoms with Crippen molar-refractivity contribution in [2.45, 2.75) is 13.0 Å². The molecule has 0 saturated carbocycles. The van der Waals surface area contributed by atoms with Crippen LogP contribution in [-0.4, -0.2) is 28.5 Å². The van der Waals surface area contributed by atoms with Crippen LogP contribution in [0.15, 0.2) is 36.7 Å². The van der Waals surface area contributed by atoms with E-state index in [1.165, 1.54) is 0 Å². The summed E-state index contributed by atoms with van der Waals surface area (Å²) in [5.74, 6) is 0.707. The number of nitrogens with zero attached hydrogens (tertiary/aromatic N) is 2. The third-order valence-electron chi connectivity index (χ3n) is 3.96. The van der Waals surface area contributed by atoms with E-state index in [0.717, 1.165) is 17.8 Å². The fourth-order valence-electron chi connectivity index (χ4n) is 2.74. The van der Waals surface area contributed by atoms with Crippen LogP contribution in [0.1, 0.15) is 22.5 Å². The highest BCUT2D eigenvalue weighted by Gasteiger charge is 2.18. The molecule has 3 aromatic rings. The SMILES string of the molecule is O=C(NCc1cn2cc(Cl)ccc2n1)c1cc(Cl)c2c(c1)OCCCO2. The van der Waals surface area contributed by atoms with Crippen LogP contribution in [0.5, 0.6) is 11.5 Å². The smallest absolute Gasteiger partial charge is 0.251 e. The second-order valence-corrected chi connectivity index (χ2v) is 6.71. The quantitative estimate of drug-likeness (QED) is 0.738. The van der Waals surface area contributed by atoms with Crippen LogP contribution in [0, 0.1) is 0 Å². The Morgan fingerprint density at radius 2 is 2.04 bits per heavy atom. The third kappa shape index (κ3) is 3.43. The molecule has 0 fully saturated rings. The first-order valence-corrected chi connectivity index (χ1v) is 8.86. The van der Waals surface area contributed by atoms with Gasteiger partial charge in [-0.25, -0.2) is 4.98 Å². The number of amides is 1. The Kier molecular flexibility index (Phi) is 4.61. The van der Waals surface area contributed by atoms with Crippen LogP contribution in [0.25, 0.3) is 5.65 Å². The fraction of sp³-hybridized carbons (Fsp3) is 0.222. The van der Waals surface area contributed by atoms with Gasteiger partial charge in [-0.05, 0) is 24.3 Å². The van der Waals surface area contributed by atoms with Crippen molar-refractivity contribution < 1.29 is 14.3 Å². The lowest BCUT2D eigenvalue weighted by atomic mass is 10.2. The van der Waals surface area contributed by atoms with E-state index >= 15 is 0 Å². The molecule has 1 aliphatic rings. The summed E-state index contributed by atoms with van der Waals surface area (Å²) in [6.07, 6.45) is 4.35. The number of nitrogens with one attached hydrogen (secondary N) is 1. The predicted molar refractivity (Wildman–Crippen MR) is 98.4 cm³/mol. The van der Waals surface area contributed by atoms with Crippen molar-refractivity contribution in [2.24, 2.45) is 0 Å². The number of pyridine rings is 1. The minimum atomic E-state index is -0.266. The van der Waals surface area contributed by atoms with E-state index in [0.29, 0.717) is 40.3 Å². The molecule has 0 atom stereocenters. The Balaban J connectivity index is 1.50. The maximum absolute atomic E-state index is 12.5. The third-order valence-corrected chi connectivity index (χ3v) is 4.46. The number of hydrogen-bond donors (Lipinski definition) is 1. The van der Waals surface area contributed by atoms with Crippen molar-refractivity contribution in [3.05, 3.63) is 58.0 Å². The zero-order valence-electron chi connectivity index (χ0n) is 13.7. The van der Waals surface area contributed by atoms with Gasteiger partial charge < -0.3 is 19.2 Å². The molecule has 0 aliphatic carbocycles. The molecule has 0 radical (unpaired) electrons. The molecule has 1 aromatic carbocycles. The van der Waals surface area contributed by atoms with E-state index in [2.05, 4.69) is 10.3 Å². The molecule has 8 heteroatoms. The topological polar surface area (TPSA) is 64.9 Å². The highest BCUT2D eigenvalue weighted by Crippen LogP contribution is 2.37. The fourth-order valence-corrected chi connectivity index (χ4v) is 3.17. The molecular formula is C18H15Cl2N3O3. The molecule has 1 N–H and O–H groups in total. The number of carbonyl (C=O) groups excluding carboxylic acids is 1. The molecule has 0 bridgehead atoms. The molecule has 1 amide bonds. The van der Waals surface area contributed by atoms with Gasteiger partial charge >= 0.3 is 0 Å². The van der Waals surface area contributed by atoms with E-state index in [1.54, 1.807) is 24.4 Å². The number of rotatable bonds is 3. The maximum atomic E-state index is 12.5. The van der Waals surface area contributed by atoms with Crippen molar-refractivity contribution in [1.82, 2.24) is 14.7 Å². The molecule has 2 aromatic heterocycles. The predicted octanol–water partition coefficient (Wildman–Crippen LogP) is 3.73. The van der Waals surface area contributed by atoms with Crippen molar-refractivity contribution in [1.29, 1.82) is 0 Å². The Labute approximate surface area is 159 Å². The van der Waals surface area contributed by atoms with Gasteiger partial charge in [-0.1, -0.05) is 23.2 Å². The van der Waals surface area contributed by atoms with E-state index in [1.807, 2.05) is 16.7 Å². The Hall–Kier alpha value is -2.44. The molecule has 4 rings (SSSR count). The van der Waals surface area contributed by atoms with Gasteiger partial charge in [0.15, 0.2) is 11.5 Å². The number of imidazole rings is 1. The highest BCUT2D eigenvalue weighted by atomic mass is 35.5. The number of ether oxygens (including phenoxy) is 2. The van der Waals surface area contributed by atoms with Gasteiger partial charge in [0.1, 0.15) is 5.65 Å².